The highest BCUT2D eigenvalue weighted by molar-refractivity contribution is 5.96. The van der Waals surface area contributed by atoms with Crippen molar-refractivity contribution in [3.8, 4) is 0 Å². The van der Waals surface area contributed by atoms with Crippen LogP contribution in [0.5, 0.6) is 0 Å². The fraction of sp³-hybridized carbons (Fsp3) is 0.393. The number of carbonyl (C=O) groups is 3. The van der Waals surface area contributed by atoms with Crippen LogP contribution >= 0.6 is 0 Å². The molecule has 1 aromatic carbocycles. The number of para-hydroxylation sites is 1. The van der Waals surface area contributed by atoms with Gasteiger partial charge in [-0.25, -0.2) is 0 Å². The number of ether oxygens (including phenoxy) is 1. The molecule has 2 amide bonds. The predicted molar refractivity (Wildman–Crippen MR) is 130 cm³/mol. The lowest BCUT2D eigenvalue weighted by Crippen LogP contribution is -2.55. The number of nitrogens with zero attached hydrogens (tertiary/aromatic N) is 1. The van der Waals surface area contributed by atoms with Gasteiger partial charge >= 0.3 is 0 Å². The van der Waals surface area contributed by atoms with Gasteiger partial charge in [-0.05, 0) is 30.2 Å². The second-order valence-corrected chi connectivity index (χ2v) is 10.4. The molecule has 3 fully saturated rings. The summed E-state index contributed by atoms with van der Waals surface area (Å²) in [6.45, 7) is 2.32. The van der Waals surface area contributed by atoms with Crippen LogP contribution in [0.4, 0.5) is 0 Å². The highest BCUT2D eigenvalue weighted by atomic mass is 16.5. The number of rotatable bonds is 5. The number of ketones is 1. The van der Waals surface area contributed by atoms with Gasteiger partial charge < -0.3 is 24.4 Å². The molecule has 2 N–H and O–H groups in total. The van der Waals surface area contributed by atoms with Crippen LogP contribution in [0.25, 0.3) is 10.9 Å². The van der Waals surface area contributed by atoms with Gasteiger partial charge in [0, 0.05) is 36.0 Å². The van der Waals surface area contributed by atoms with Crippen LogP contribution in [-0.2, 0) is 25.5 Å². The van der Waals surface area contributed by atoms with Gasteiger partial charge in [0.05, 0.1) is 36.3 Å². The number of H-pyrrole nitrogens is 1. The van der Waals surface area contributed by atoms with Crippen molar-refractivity contribution in [2.24, 2.45) is 17.8 Å². The molecule has 2 bridgehead atoms. The van der Waals surface area contributed by atoms with E-state index in [-0.39, 0.29) is 24.0 Å². The number of amides is 2. The van der Waals surface area contributed by atoms with E-state index in [1.807, 2.05) is 43.5 Å². The normalized spacial score (nSPS) is 34.4. The van der Waals surface area contributed by atoms with E-state index < -0.39 is 41.5 Å². The van der Waals surface area contributed by atoms with Crippen molar-refractivity contribution in [2.45, 2.75) is 43.6 Å². The highest BCUT2D eigenvalue weighted by Gasteiger charge is 2.74. The third-order valence-electron chi connectivity index (χ3n) is 8.62. The van der Waals surface area contributed by atoms with Crippen molar-refractivity contribution in [3.05, 3.63) is 72.3 Å². The second-order valence-electron chi connectivity index (χ2n) is 10.4. The Balaban J connectivity index is 1.15. The van der Waals surface area contributed by atoms with Crippen LogP contribution < -0.4 is 5.32 Å². The highest BCUT2D eigenvalue weighted by Crippen LogP contribution is 2.59. The standard InChI is InChI=1S/C28H27N3O5/c1-15-20(32)13-19(21-7-4-12-35-21)31-25(15)28-10-8-22(36-28)23(24(28)27(31)34)26(33)29-11-9-16-14-30-18-6-3-2-5-17(16)18/h2-8,10,12,14-15,19,22-25,30H,9,11,13H2,1H3,(H,29,33)/t15?,19?,22-,23?,24+,25?,28+/m1/s1. The van der Waals surface area contributed by atoms with Crippen molar-refractivity contribution < 1.29 is 23.5 Å². The van der Waals surface area contributed by atoms with Crippen LogP contribution in [0.15, 0.2) is 65.4 Å². The summed E-state index contributed by atoms with van der Waals surface area (Å²) in [5, 5.41) is 4.20. The quantitative estimate of drug-likeness (QED) is 0.541. The molecule has 2 aromatic heterocycles. The zero-order chi connectivity index (χ0) is 24.6. The van der Waals surface area contributed by atoms with Crippen molar-refractivity contribution in [2.75, 3.05) is 6.54 Å². The Labute approximate surface area is 207 Å². The summed E-state index contributed by atoms with van der Waals surface area (Å²) in [4.78, 5) is 45.5. The number of nitrogens with one attached hydrogen (secondary N) is 2. The molecule has 6 heterocycles. The lowest BCUT2D eigenvalue weighted by molar-refractivity contribution is -0.148. The number of carbonyl (C=O) groups excluding carboxylic acids is 3. The number of benzene rings is 1. The maximum absolute atomic E-state index is 14.0. The number of fused-ring (bicyclic) bond motifs is 3. The fourth-order valence-electron chi connectivity index (χ4n) is 7.04. The third-order valence-corrected chi connectivity index (χ3v) is 8.62. The first-order valence-electron chi connectivity index (χ1n) is 12.6. The minimum atomic E-state index is -0.971. The summed E-state index contributed by atoms with van der Waals surface area (Å²) in [6.07, 6.45) is 7.75. The van der Waals surface area contributed by atoms with E-state index in [9.17, 15) is 14.4 Å². The molecule has 7 atom stereocenters. The first kappa shape index (κ1) is 21.6. The first-order chi connectivity index (χ1) is 17.5. The lowest BCUT2D eigenvalue weighted by Gasteiger charge is -2.43. The van der Waals surface area contributed by atoms with E-state index in [1.54, 1.807) is 23.3 Å². The van der Waals surface area contributed by atoms with Gasteiger partial charge in [0.15, 0.2) is 0 Å². The van der Waals surface area contributed by atoms with Crippen LogP contribution in [-0.4, -0.2) is 51.8 Å². The van der Waals surface area contributed by atoms with Gasteiger partial charge in [-0.1, -0.05) is 37.3 Å². The van der Waals surface area contributed by atoms with E-state index in [2.05, 4.69) is 16.4 Å². The van der Waals surface area contributed by atoms with E-state index in [1.165, 1.54) is 0 Å². The van der Waals surface area contributed by atoms with Crippen LogP contribution in [0.1, 0.15) is 30.7 Å². The maximum atomic E-state index is 14.0. The van der Waals surface area contributed by atoms with Gasteiger partial charge in [0.25, 0.3) is 0 Å². The Morgan fingerprint density at radius 1 is 1.22 bits per heavy atom. The average molecular weight is 486 g/mol. The molecule has 4 aliphatic heterocycles. The Kier molecular flexibility index (Phi) is 4.61. The number of aromatic amines is 1. The zero-order valence-electron chi connectivity index (χ0n) is 19.8. The van der Waals surface area contributed by atoms with Gasteiger partial charge in [-0.2, -0.15) is 0 Å². The summed E-state index contributed by atoms with van der Waals surface area (Å²) in [6, 6.07) is 10.7. The topological polar surface area (TPSA) is 105 Å². The predicted octanol–water partition coefficient (Wildman–Crippen LogP) is 2.92. The average Bonchev–Trinajstić information content (AvgIpc) is 3.69. The number of piperidine rings is 1. The molecule has 3 saturated heterocycles. The molecular weight excluding hydrogens is 458 g/mol. The number of Topliss-reactive ketones (excluding diaryl/α,β-unsaturated/α-hetero) is 1. The molecule has 3 aromatic rings. The van der Waals surface area contributed by atoms with Gasteiger partial charge in [-0.3, -0.25) is 14.4 Å². The van der Waals surface area contributed by atoms with E-state index in [4.69, 9.17) is 9.15 Å². The molecular formula is C28H27N3O5. The Morgan fingerprint density at radius 3 is 2.92 bits per heavy atom. The molecule has 0 aliphatic carbocycles. The number of hydrogen-bond acceptors (Lipinski definition) is 5. The second kappa shape index (κ2) is 7.67. The molecule has 7 rings (SSSR count). The largest absolute Gasteiger partial charge is 0.467 e. The van der Waals surface area contributed by atoms with Gasteiger partial charge in [0.2, 0.25) is 11.8 Å². The number of furan rings is 1. The molecule has 1 spiro atoms. The van der Waals surface area contributed by atoms with Crippen LogP contribution in [0, 0.1) is 17.8 Å². The summed E-state index contributed by atoms with van der Waals surface area (Å²) in [7, 11) is 0. The number of aromatic nitrogens is 1. The monoisotopic (exact) mass is 485 g/mol. The fourth-order valence-corrected chi connectivity index (χ4v) is 7.04. The van der Waals surface area contributed by atoms with Crippen LogP contribution in [0.3, 0.4) is 0 Å². The summed E-state index contributed by atoms with van der Waals surface area (Å²) >= 11 is 0. The van der Waals surface area contributed by atoms with Crippen molar-refractivity contribution in [3.63, 3.8) is 0 Å². The van der Waals surface area contributed by atoms with Crippen LogP contribution in [0.2, 0.25) is 0 Å². The maximum Gasteiger partial charge on any atom is 0.230 e. The molecule has 0 radical (unpaired) electrons. The Bertz CT molecular complexity index is 1410. The van der Waals surface area contributed by atoms with Crippen molar-refractivity contribution >= 4 is 28.5 Å². The molecule has 4 unspecified atom stereocenters. The first-order valence-corrected chi connectivity index (χ1v) is 12.6. The van der Waals surface area contributed by atoms with Gasteiger partial charge in [0.1, 0.15) is 17.1 Å². The molecule has 36 heavy (non-hydrogen) atoms. The Hall–Kier alpha value is -3.65. The van der Waals surface area contributed by atoms with Crippen molar-refractivity contribution in [1.82, 2.24) is 15.2 Å². The smallest absolute Gasteiger partial charge is 0.230 e. The molecule has 8 heteroatoms. The van der Waals surface area contributed by atoms with Crippen molar-refractivity contribution in [1.29, 1.82) is 0 Å². The summed E-state index contributed by atoms with van der Waals surface area (Å²) in [5.41, 5.74) is 1.23. The van der Waals surface area contributed by atoms with Gasteiger partial charge in [-0.15, -0.1) is 0 Å². The van der Waals surface area contributed by atoms with E-state index in [0.717, 1.165) is 16.5 Å². The Morgan fingerprint density at radius 2 is 2.08 bits per heavy atom. The molecule has 8 nitrogen and oxygen atoms in total. The molecule has 4 aliphatic rings. The minimum absolute atomic E-state index is 0.0764. The SMILES string of the molecule is CC1C(=O)CC(c2ccco2)N2C(=O)[C@@H]3C(C(=O)NCCc4c[nH]c5ccccc45)[C@H]4C=C[C@@]3(O4)C12. The minimum Gasteiger partial charge on any atom is -0.467 e. The summed E-state index contributed by atoms with van der Waals surface area (Å²) in [5.74, 6) is -1.33. The summed E-state index contributed by atoms with van der Waals surface area (Å²) < 4.78 is 12.0. The molecule has 0 saturated carbocycles. The van der Waals surface area contributed by atoms with E-state index in [0.29, 0.717) is 18.7 Å². The van der Waals surface area contributed by atoms with E-state index >= 15 is 0 Å². The number of hydrogen-bond donors (Lipinski definition) is 2. The zero-order valence-corrected chi connectivity index (χ0v) is 19.8. The molecule has 184 valence electrons. The third kappa shape index (κ3) is 2.82. The lowest BCUT2D eigenvalue weighted by atomic mass is 9.70.